The molecule has 0 spiro atoms. The first kappa shape index (κ1) is 19.9. The number of fused-ring (bicyclic) bond motifs is 2. The van der Waals surface area contributed by atoms with Crippen LogP contribution in [0.15, 0.2) is 29.2 Å². The summed E-state index contributed by atoms with van der Waals surface area (Å²) in [5.41, 5.74) is 1.00. The zero-order valence-electron chi connectivity index (χ0n) is 16.8. The van der Waals surface area contributed by atoms with Crippen LogP contribution in [-0.2, 0) is 21.2 Å². The molecule has 2 bridgehead atoms. The Hall–Kier alpha value is -1.40. The van der Waals surface area contributed by atoms with Gasteiger partial charge in [-0.05, 0) is 80.9 Å². The first-order chi connectivity index (χ1) is 13.4. The van der Waals surface area contributed by atoms with Gasteiger partial charge in [0.2, 0.25) is 15.9 Å². The van der Waals surface area contributed by atoms with Gasteiger partial charge < -0.3 is 5.32 Å². The van der Waals surface area contributed by atoms with Gasteiger partial charge in [0, 0.05) is 25.6 Å². The van der Waals surface area contributed by atoms with Crippen molar-refractivity contribution < 1.29 is 13.2 Å². The highest BCUT2D eigenvalue weighted by Gasteiger charge is 2.42. The number of hydrogen-bond donors (Lipinski definition) is 1. The highest BCUT2D eigenvalue weighted by Crippen LogP contribution is 2.49. The molecular weight excluding hydrogens is 372 g/mol. The maximum atomic E-state index is 12.6. The van der Waals surface area contributed by atoms with E-state index in [1.54, 1.807) is 16.4 Å². The number of carbonyl (C=O) groups is 1. The highest BCUT2D eigenvalue weighted by atomic mass is 32.2. The lowest BCUT2D eigenvalue weighted by Crippen LogP contribution is -2.40. The Morgan fingerprint density at radius 2 is 1.86 bits per heavy atom. The van der Waals surface area contributed by atoms with Gasteiger partial charge in [0.1, 0.15) is 0 Å². The maximum Gasteiger partial charge on any atom is 0.243 e. The molecule has 4 unspecified atom stereocenters. The van der Waals surface area contributed by atoms with Crippen molar-refractivity contribution in [1.29, 1.82) is 0 Å². The third kappa shape index (κ3) is 4.13. The van der Waals surface area contributed by atoms with Crippen molar-refractivity contribution in [3.8, 4) is 0 Å². The van der Waals surface area contributed by atoms with E-state index in [2.05, 4.69) is 12.2 Å². The van der Waals surface area contributed by atoms with Gasteiger partial charge in [0.25, 0.3) is 0 Å². The number of nitrogens with one attached hydrogen (secondary N) is 1. The minimum Gasteiger partial charge on any atom is -0.353 e. The van der Waals surface area contributed by atoms with E-state index in [-0.39, 0.29) is 11.9 Å². The molecule has 1 aliphatic heterocycles. The Balaban J connectivity index is 1.27. The molecule has 2 aliphatic carbocycles. The van der Waals surface area contributed by atoms with Gasteiger partial charge in [-0.15, -0.1) is 0 Å². The summed E-state index contributed by atoms with van der Waals surface area (Å²) in [6, 6.07) is 7.30. The van der Waals surface area contributed by atoms with Crippen molar-refractivity contribution in [3.05, 3.63) is 29.8 Å². The quantitative estimate of drug-likeness (QED) is 0.758. The molecule has 5 nitrogen and oxygen atoms in total. The lowest BCUT2D eigenvalue weighted by atomic mass is 9.84. The van der Waals surface area contributed by atoms with E-state index in [4.69, 9.17) is 0 Å². The number of nitrogens with zero attached hydrogens (tertiary/aromatic N) is 1. The Labute approximate surface area is 168 Å². The zero-order chi connectivity index (χ0) is 19.7. The molecule has 154 valence electrons. The molecule has 6 heteroatoms. The molecule has 1 aromatic rings. The van der Waals surface area contributed by atoms with Crippen molar-refractivity contribution in [2.24, 2.45) is 17.8 Å². The second-order valence-corrected chi connectivity index (χ2v) is 10.9. The molecule has 1 saturated heterocycles. The number of rotatable bonds is 7. The molecule has 3 aliphatic rings. The van der Waals surface area contributed by atoms with Gasteiger partial charge in [-0.2, -0.15) is 4.31 Å². The molecule has 1 aromatic carbocycles. The summed E-state index contributed by atoms with van der Waals surface area (Å²) in [5.74, 6) is 2.46. The van der Waals surface area contributed by atoms with Crippen LogP contribution in [0.1, 0.15) is 57.4 Å². The molecule has 1 heterocycles. The SMILES string of the molecule is CC(NC(=O)CCc1ccc(S(=O)(=O)N2CCCC2)cc1)C1CC2CCC1C2. The summed E-state index contributed by atoms with van der Waals surface area (Å²) in [4.78, 5) is 12.7. The van der Waals surface area contributed by atoms with Gasteiger partial charge in [-0.1, -0.05) is 18.6 Å². The second kappa shape index (κ2) is 8.15. The standard InChI is InChI=1S/C22H32N2O3S/c1-16(21-15-18-4-8-19(21)14-18)23-22(25)11-7-17-5-9-20(10-6-17)28(26,27)24-12-2-3-13-24/h5-6,9-10,16,18-19,21H,2-4,7-8,11-15H2,1H3,(H,23,25). The van der Waals surface area contributed by atoms with Crippen LogP contribution in [0.3, 0.4) is 0 Å². The molecule has 0 aromatic heterocycles. The Morgan fingerprint density at radius 3 is 2.46 bits per heavy atom. The first-order valence-electron chi connectivity index (χ1n) is 10.8. The average Bonchev–Trinajstić information content (AvgIpc) is 3.44. The van der Waals surface area contributed by atoms with Crippen molar-refractivity contribution in [2.75, 3.05) is 13.1 Å². The van der Waals surface area contributed by atoms with Crippen molar-refractivity contribution in [3.63, 3.8) is 0 Å². The number of carbonyl (C=O) groups excluding carboxylic acids is 1. The van der Waals surface area contributed by atoms with Gasteiger partial charge >= 0.3 is 0 Å². The molecule has 3 fully saturated rings. The van der Waals surface area contributed by atoms with Crippen LogP contribution in [0.25, 0.3) is 0 Å². The van der Waals surface area contributed by atoms with Crippen molar-refractivity contribution in [2.45, 2.75) is 69.2 Å². The summed E-state index contributed by atoms with van der Waals surface area (Å²) in [5, 5.41) is 3.21. The molecule has 4 atom stereocenters. The lowest BCUT2D eigenvalue weighted by molar-refractivity contribution is -0.122. The molecule has 1 amide bonds. The van der Waals surface area contributed by atoms with Crippen LogP contribution in [0.4, 0.5) is 0 Å². The number of amides is 1. The summed E-state index contributed by atoms with van der Waals surface area (Å²) < 4.78 is 26.7. The minimum atomic E-state index is -3.36. The molecule has 0 radical (unpaired) electrons. The van der Waals surface area contributed by atoms with Crippen molar-refractivity contribution >= 4 is 15.9 Å². The van der Waals surface area contributed by atoms with Crippen molar-refractivity contribution in [1.82, 2.24) is 9.62 Å². The van der Waals surface area contributed by atoms with Gasteiger partial charge in [0.15, 0.2) is 0 Å². The smallest absolute Gasteiger partial charge is 0.243 e. The third-order valence-corrected chi connectivity index (χ3v) is 9.00. The van der Waals surface area contributed by atoms with Crippen LogP contribution in [0.5, 0.6) is 0 Å². The lowest BCUT2D eigenvalue weighted by Gasteiger charge is -2.28. The van der Waals surface area contributed by atoms with E-state index in [1.165, 1.54) is 25.7 Å². The van der Waals surface area contributed by atoms with Crippen LogP contribution in [0.2, 0.25) is 0 Å². The summed E-state index contributed by atoms with van der Waals surface area (Å²) in [6.45, 7) is 3.39. The second-order valence-electron chi connectivity index (χ2n) is 8.95. The fourth-order valence-electron chi connectivity index (χ4n) is 5.50. The first-order valence-corrected chi connectivity index (χ1v) is 12.3. The monoisotopic (exact) mass is 404 g/mol. The molecule has 2 saturated carbocycles. The fraction of sp³-hybridized carbons (Fsp3) is 0.682. The molecule has 1 N–H and O–H groups in total. The van der Waals surface area contributed by atoms with Crippen LogP contribution >= 0.6 is 0 Å². The van der Waals surface area contributed by atoms with E-state index in [0.29, 0.717) is 36.7 Å². The largest absolute Gasteiger partial charge is 0.353 e. The van der Waals surface area contributed by atoms with E-state index < -0.39 is 10.0 Å². The number of sulfonamides is 1. The fourth-order valence-corrected chi connectivity index (χ4v) is 7.02. The number of hydrogen-bond acceptors (Lipinski definition) is 3. The topological polar surface area (TPSA) is 66.5 Å². The predicted octanol–water partition coefficient (Wildman–Crippen LogP) is 3.34. The average molecular weight is 405 g/mol. The molecular formula is C22H32N2O3S. The zero-order valence-corrected chi connectivity index (χ0v) is 17.6. The van der Waals surface area contributed by atoms with Gasteiger partial charge in [0.05, 0.1) is 4.90 Å². The van der Waals surface area contributed by atoms with Gasteiger partial charge in [-0.3, -0.25) is 4.79 Å². The number of benzene rings is 1. The van der Waals surface area contributed by atoms with E-state index in [0.717, 1.165) is 30.2 Å². The Morgan fingerprint density at radius 1 is 1.14 bits per heavy atom. The van der Waals surface area contributed by atoms with Gasteiger partial charge in [-0.25, -0.2) is 8.42 Å². The van der Waals surface area contributed by atoms with Crippen LogP contribution in [-0.4, -0.2) is 37.8 Å². The third-order valence-electron chi connectivity index (χ3n) is 7.09. The van der Waals surface area contributed by atoms with E-state index in [9.17, 15) is 13.2 Å². The van der Waals surface area contributed by atoms with Crippen LogP contribution in [0, 0.1) is 17.8 Å². The Kier molecular flexibility index (Phi) is 5.79. The predicted molar refractivity (Wildman–Crippen MR) is 109 cm³/mol. The van der Waals surface area contributed by atoms with E-state index in [1.807, 2.05) is 12.1 Å². The van der Waals surface area contributed by atoms with E-state index >= 15 is 0 Å². The molecule has 4 rings (SSSR count). The summed E-state index contributed by atoms with van der Waals surface area (Å²) >= 11 is 0. The molecule has 28 heavy (non-hydrogen) atoms. The highest BCUT2D eigenvalue weighted by molar-refractivity contribution is 7.89. The Bertz CT molecular complexity index is 800. The normalized spacial score (nSPS) is 28.5. The summed E-state index contributed by atoms with van der Waals surface area (Å²) in [7, 11) is -3.36. The summed E-state index contributed by atoms with van der Waals surface area (Å²) in [6.07, 6.45) is 8.31. The van der Waals surface area contributed by atoms with Crippen LogP contribution < -0.4 is 5.32 Å². The minimum absolute atomic E-state index is 0.101. The maximum absolute atomic E-state index is 12.6. The number of aryl methyl sites for hydroxylation is 1.